The SMILES string of the molecule is CCN1CCN(C(=O)CCN(CC2CCCO2)C(C)=O)CC1. The first-order valence-electron chi connectivity index (χ1n) is 8.47. The molecule has 0 N–H and O–H groups in total. The van der Waals surface area contributed by atoms with Gasteiger partial charge in [0.1, 0.15) is 0 Å². The van der Waals surface area contributed by atoms with Gasteiger partial charge in [-0.15, -0.1) is 0 Å². The van der Waals surface area contributed by atoms with Crippen molar-refractivity contribution in [1.29, 1.82) is 0 Å². The third kappa shape index (κ3) is 4.95. The van der Waals surface area contributed by atoms with Crippen molar-refractivity contribution < 1.29 is 14.3 Å². The number of hydrogen-bond acceptors (Lipinski definition) is 4. The lowest BCUT2D eigenvalue weighted by Gasteiger charge is -2.34. The third-order valence-electron chi connectivity index (χ3n) is 4.66. The van der Waals surface area contributed by atoms with Gasteiger partial charge in [0.15, 0.2) is 0 Å². The van der Waals surface area contributed by atoms with E-state index in [9.17, 15) is 9.59 Å². The summed E-state index contributed by atoms with van der Waals surface area (Å²) in [6.07, 6.45) is 2.64. The van der Waals surface area contributed by atoms with Gasteiger partial charge in [0, 0.05) is 59.2 Å². The summed E-state index contributed by atoms with van der Waals surface area (Å²) in [4.78, 5) is 30.1. The monoisotopic (exact) mass is 311 g/mol. The molecule has 0 aliphatic carbocycles. The normalized spacial score (nSPS) is 22.8. The van der Waals surface area contributed by atoms with Gasteiger partial charge in [-0.05, 0) is 19.4 Å². The fraction of sp³-hybridized carbons (Fsp3) is 0.875. The molecule has 1 atom stereocenters. The molecule has 2 fully saturated rings. The molecule has 2 rings (SSSR count). The maximum absolute atomic E-state index is 12.3. The summed E-state index contributed by atoms with van der Waals surface area (Å²) in [6.45, 7) is 10.2. The number of ether oxygens (including phenoxy) is 1. The van der Waals surface area contributed by atoms with Crippen molar-refractivity contribution in [2.24, 2.45) is 0 Å². The standard InChI is InChI=1S/C16H29N3O3/c1-3-17-8-10-18(11-9-17)16(21)6-7-19(14(2)20)13-15-5-4-12-22-15/h15H,3-13H2,1-2H3. The molecule has 2 aliphatic rings. The first-order chi connectivity index (χ1) is 10.6. The van der Waals surface area contributed by atoms with Crippen molar-refractivity contribution in [3.63, 3.8) is 0 Å². The summed E-state index contributed by atoms with van der Waals surface area (Å²) in [5.41, 5.74) is 0. The van der Waals surface area contributed by atoms with Crippen molar-refractivity contribution in [3.8, 4) is 0 Å². The summed E-state index contributed by atoms with van der Waals surface area (Å²) in [7, 11) is 0. The van der Waals surface area contributed by atoms with E-state index in [2.05, 4.69) is 11.8 Å². The number of amides is 2. The van der Waals surface area contributed by atoms with Crippen LogP contribution < -0.4 is 0 Å². The fourth-order valence-electron chi connectivity index (χ4n) is 3.11. The smallest absolute Gasteiger partial charge is 0.224 e. The van der Waals surface area contributed by atoms with E-state index in [0.29, 0.717) is 19.5 Å². The Morgan fingerprint density at radius 2 is 1.95 bits per heavy atom. The van der Waals surface area contributed by atoms with E-state index < -0.39 is 0 Å². The summed E-state index contributed by atoms with van der Waals surface area (Å²) in [5.74, 6) is 0.188. The van der Waals surface area contributed by atoms with E-state index >= 15 is 0 Å². The molecular formula is C16H29N3O3. The van der Waals surface area contributed by atoms with Gasteiger partial charge in [0.2, 0.25) is 11.8 Å². The van der Waals surface area contributed by atoms with Crippen LogP contribution in [0.2, 0.25) is 0 Å². The van der Waals surface area contributed by atoms with Crippen LogP contribution in [-0.2, 0) is 14.3 Å². The molecule has 0 aromatic carbocycles. The Labute approximate surface area is 133 Å². The topological polar surface area (TPSA) is 53.1 Å². The van der Waals surface area contributed by atoms with Crippen LogP contribution in [0.5, 0.6) is 0 Å². The van der Waals surface area contributed by atoms with Crippen LogP contribution in [0.25, 0.3) is 0 Å². The van der Waals surface area contributed by atoms with Crippen molar-refractivity contribution in [1.82, 2.24) is 14.7 Å². The zero-order valence-electron chi connectivity index (χ0n) is 13.9. The second-order valence-electron chi connectivity index (χ2n) is 6.17. The summed E-state index contributed by atoms with van der Waals surface area (Å²) >= 11 is 0. The molecule has 0 radical (unpaired) electrons. The molecule has 2 amide bonds. The number of hydrogen-bond donors (Lipinski definition) is 0. The van der Waals surface area contributed by atoms with E-state index in [1.807, 2.05) is 4.90 Å². The van der Waals surface area contributed by atoms with Crippen LogP contribution in [-0.4, -0.2) is 85.0 Å². The largest absolute Gasteiger partial charge is 0.376 e. The summed E-state index contributed by atoms with van der Waals surface area (Å²) < 4.78 is 5.59. The van der Waals surface area contributed by atoms with E-state index in [1.165, 1.54) is 0 Å². The van der Waals surface area contributed by atoms with Gasteiger partial charge < -0.3 is 19.4 Å². The molecule has 0 aromatic heterocycles. The van der Waals surface area contributed by atoms with Gasteiger partial charge in [0.25, 0.3) is 0 Å². The van der Waals surface area contributed by atoms with Gasteiger partial charge in [-0.3, -0.25) is 9.59 Å². The molecule has 1 unspecified atom stereocenters. The van der Waals surface area contributed by atoms with Gasteiger partial charge in [-0.1, -0.05) is 6.92 Å². The van der Waals surface area contributed by atoms with Crippen LogP contribution >= 0.6 is 0 Å². The Kier molecular flexibility index (Phi) is 6.64. The van der Waals surface area contributed by atoms with Crippen molar-refractivity contribution >= 4 is 11.8 Å². The quantitative estimate of drug-likeness (QED) is 0.719. The van der Waals surface area contributed by atoms with E-state index in [-0.39, 0.29) is 17.9 Å². The Balaban J connectivity index is 1.74. The van der Waals surface area contributed by atoms with Gasteiger partial charge in [-0.25, -0.2) is 0 Å². The fourth-order valence-corrected chi connectivity index (χ4v) is 3.11. The highest BCUT2D eigenvalue weighted by molar-refractivity contribution is 5.78. The van der Waals surface area contributed by atoms with Crippen LogP contribution in [0.3, 0.4) is 0 Å². The lowest BCUT2D eigenvalue weighted by atomic mass is 10.2. The number of carbonyl (C=O) groups excluding carboxylic acids is 2. The minimum atomic E-state index is 0.0269. The van der Waals surface area contributed by atoms with Crippen LogP contribution in [0.4, 0.5) is 0 Å². The first kappa shape index (κ1) is 17.2. The van der Waals surface area contributed by atoms with Gasteiger partial charge in [-0.2, -0.15) is 0 Å². The van der Waals surface area contributed by atoms with Crippen molar-refractivity contribution in [3.05, 3.63) is 0 Å². The number of carbonyl (C=O) groups is 2. The average molecular weight is 311 g/mol. The molecule has 2 heterocycles. The molecule has 0 spiro atoms. The minimum Gasteiger partial charge on any atom is -0.376 e. The number of likely N-dealkylation sites (N-methyl/N-ethyl adjacent to an activating group) is 1. The first-order valence-corrected chi connectivity index (χ1v) is 8.47. The Hall–Kier alpha value is -1.14. The zero-order valence-corrected chi connectivity index (χ0v) is 13.9. The Morgan fingerprint density at radius 3 is 2.50 bits per heavy atom. The number of piperazine rings is 1. The van der Waals surface area contributed by atoms with E-state index in [0.717, 1.165) is 52.2 Å². The molecule has 0 bridgehead atoms. The highest BCUT2D eigenvalue weighted by Crippen LogP contribution is 2.14. The maximum Gasteiger partial charge on any atom is 0.224 e. The van der Waals surface area contributed by atoms with Gasteiger partial charge >= 0.3 is 0 Å². The van der Waals surface area contributed by atoms with E-state index in [4.69, 9.17) is 4.74 Å². The molecule has 0 saturated carbocycles. The van der Waals surface area contributed by atoms with Crippen LogP contribution in [0.1, 0.15) is 33.1 Å². The highest BCUT2D eigenvalue weighted by atomic mass is 16.5. The molecule has 22 heavy (non-hydrogen) atoms. The molecule has 6 nitrogen and oxygen atoms in total. The minimum absolute atomic E-state index is 0.0269. The second-order valence-corrected chi connectivity index (χ2v) is 6.17. The molecule has 2 saturated heterocycles. The molecular weight excluding hydrogens is 282 g/mol. The molecule has 2 aliphatic heterocycles. The molecule has 126 valence electrons. The zero-order chi connectivity index (χ0) is 15.9. The number of nitrogens with zero attached hydrogens (tertiary/aromatic N) is 3. The predicted molar refractivity (Wildman–Crippen MR) is 84.5 cm³/mol. The Morgan fingerprint density at radius 1 is 1.23 bits per heavy atom. The molecule has 0 aromatic rings. The predicted octanol–water partition coefficient (Wildman–Crippen LogP) is 0.568. The highest BCUT2D eigenvalue weighted by Gasteiger charge is 2.23. The summed E-state index contributed by atoms with van der Waals surface area (Å²) in [5, 5.41) is 0. The average Bonchev–Trinajstić information content (AvgIpc) is 3.04. The molecule has 6 heteroatoms. The van der Waals surface area contributed by atoms with E-state index in [1.54, 1.807) is 11.8 Å². The summed E-state index contributed by atoms with van der Waals surface area (Å²) in [6, 6.07) is 0. The van der Waals surface area contributed by atoms with Gasteiger partial charge in [0.05, 0.1) is 6.10 Å². The second kappa shape index (κ2) is 8.48. The third-order valence-corrected chi connectivity index (χ3v) is 4.66. The lowest BCUT2D eigenvalue weighted by Crippen LogP contribution is -2.49. The lowest BCUT2D eigenvalue weighted by molar-refractivity contribution is -0.135. The van der Waals surface area contributed by atoms with Crippen molar-refractivity contribution in [2.75, 3.05) is 52.4 Å². The number of rotatable bonds is 6. The Bertz CT molecular complexity index is 375. The van der Waals surface area contributed by atoms with Crippen LogP contribution in [0, 0.1) is 0 Å². The van der Waals surface area contributed by atoms with Crippen molar-refractivity contribution in [2.45, 2.75) is 39.2 Å². The maximum atomic E-state index is 12.3. The van der Waals surface area contributed by atoms with Crippen LogP contribution in [0.15, 0.2) is 0 Å².